The molecule has 2 aliphatic rings. The van der Waals surface area contributed by atoms with Crippen molar-refractivity contribution in [1.29, 1.82) is 0 Å². The average Bonchev–Trinajstić information content (AvgIpc) is 3.13. The first kappa shape index (κ1) is 19.8. The zero-order valence-electron chi connectivity index (χ0n) is 15.5. The maximum atomic E-state index is 11.9. The lowest BCUT2D eigenvalue weighted by atomic mass is 9.78. The highest BCUT2D eigenvalue weighted by Crippen LogP contribution is 2.46. The number of hydrogen-bond acceptors (Lipinski definition) is 4. The van der Waals surface area contributed by atoms with E-state index in [0.717, 1.165) is 19.3 Å². The van der Waals surface area contributed by atoms with Gasteiger partial charge in [-0.05, 0) is 55.4 Å². The standard InChI is InChI=1S/C19H33NO3S/c1-5-24-13-15-14(16-10-11-17(15)23-16)9-7-6-8-12-19(2,3)18(21)20(4)22/h6-7,14-17,22H,5,8-13H2,1-4H3/b7-6-/t14-,15+,16-,17+/m0/s1. The second kappa shape index (κ2) is 8.72. The zero-order valence-corrected chi connectivity index (χ0v) is 16.3. The van der Waals surface area contributed by atoms with Crippen LogP contribution in [0.5, 0.6) is 0 Å². The number of nitrogens with zero attached hydrogens (tertiary/aromatic N) is 1. The van der Waals surface area contributed by atoms with Crippen molar-refractivity contribution in [2.45, 2.75) is 65.1 Å². The van der Waals surface area contributed by atoms with Crippen LogP contribution in [0.3, 0.4) is 0 Å². The second-order valence-electron chi connectivity index (χ2n) is 7.74. The molecule has 138 valence electrons. The smallest absolute Gasteiger partial charge is 0.251 e. The van der Waals surface area contributed by atoms with Crippen molar-refractivity contribution < 1.29 is 14.7 Å². The van der Waals surface area contributed by atoms with E-state index in [-0.39, 0.29) is 5.91 Å². The van der Waals surface area contributed by atoms with Crippen LogP contribution in [0, 0.1) is 17.3 Å². The van der Waals surface area contributed by atoms with Crippen LogP contribution in [-0.2, 0) is 9.53 Å². The first-order chi connectivity index (χ1) is 11.4. The molecule has 0 saturated carbocycles. The van der Waals surface area contributed by atoms with Crippen molar-refractivity contribution in [3.63, 3.8) is 0 Å². The molecule has 2 aliphatic heterocycles. The molecular formula is C19H33NO3S. The summed E-state index contributed by atoms with van der Waals surface area (Å²) in [5.74, 6) is 3.55. The molecule has 5 heteroatoms. The van der Waals surface area contributed by atoms with Crippen molar-refractivity contribution in [3.8, 4) is 0 Å². The van der Waals surface area contributed by atoms with Gasteiger partial charge in [0.2, 0.25) is 0 Å². The minimum atomic E-state index is -0.524. The number of hydroxylamine groups is 2. The van der Waals surface area contributed by atoms with Crippen LogP contribution in [0.4, 0.5) is 0 Å². The van der Waals surface area contributed by atoms with Gasteiger partial charge in [0.25, 0.3) is 5.91 Å². The molecular weight excluding hydrogens is 322 g/mol. The molecule has 24 heavy (non-hydrogen) atoms. The Hall–Kier alpha value is -0.520. The lowest BCUT2D eigenvalue weighted by Gasteiger charge is -2.27. The Labute approximate surface area is 151 Å². The highest BCUT2D eigenvalue weighted by atomic mass is 32.2. The van der Waals surface area contributed by atoms with Crippen molar-refractivity contribution in [2.75, 3.05) is 18.6 Å². The molecule has 4 atom stereocenters. The molecule has 2 fully saturated rings. The summed E-state index contributed by atoms with van der Waals surface area (Å²) in [6, 6.07) is 0. The summed E-state index contributed by atoms with van der Waals surface area (Å²) in [6.45, 7) is 6.00. The molecule has 0 aliphatic carbocycles. The van der Waals surface area contributed by atoms with Gasteiger partial charge >= 0.3 is 0 Å². The number of ether oxygens (including phenoxy) is 1. The molecule has 2 rings (SSSR count). The second-order valence-corrected chi connectivity index (χ2v) is 9.05. The summed E-state index contributed by atoms with van der Waals surface area (Å²) in [6.07, 6.45) is 10.6. The molecule has 2 bridgehead atoms. The Balaban J connectivity index is 1.78. The van der Waals surface area contributed by atoms with Crippen LogP contribution >= 0.6 is 11.8 Å². The maximum absolute atomic E-state index is 11.9. The SMILES string of the molecule is CCSC[C@@H]1[C@H](C/C=C\CCC(C)(C)C(=O)N(C)O)[C@@H]2CC[C@H]1O2. The van der Waals surface area contributed by atoms with Crippen LogP contribution < -0.4 is 0 Å². The third-order valence-electron chi connectivity index (χ3n) is 5.49. The summed E-state index contributed by atoms with van der Waals surface area (Å²) in [5.41, 5.74) is -0.524. The van der Waals surface area contributed by atoms with E-state index in [1.807, 2.05) is 25.6 Å². The van der Waals surface area contributed by atoms with Gasteiger partial charge in [-0.25, -0.2) is 5.06 Å². The highest BCUT2D eigenvalue weighted by Gasteiger charge is 2.47. The molecule has 0 aromatic heterocycles. The monoisotopic (exact) mass is 355 g/mol. The van der Waals surface area contributed by atoms with E-state index in [1.165, 1.54) is 31.4 Å². The number of allylic oxidation sites excluding steroid dienone is 2. The number of hydrogen-bond donors (Lipinski definition) is 1. The van der Waals surface area contributed by atoms with Crippen molar-refractivity contribution in [2.24, 2.45) is 17.3 Å². The number of carbonyl (C=O) groups excluding carboxylic acids is 1. The fourth-order valence-electron chi connectivity index (χ4n) is 4.04. The van der Waals surface area contributed by atoms with E-state index in [0.29, 0.717) is 29.1 Å². The molecule has 2 saturated heterocycles. The third kappa shape index (κ3) is 4.77. The quantitative estimate of drug-likeness (QED) is 0.384. The van der Waals surface area contributed by atoms with Gasteiger partial charge in [0.1, 0.15) is 0 Å². The van der Waals surface area contributed by atoms with Crippen LogP contribution in [0.2, 0.25) is 0 Å². The van der Waals surface area contributed by atoms with Gasteiger partial charge in [-0.2, -0.15) is 11.8 Å². The molecule has 1 amide bonds. The first-order valence-electron chi connectivity index (χ1n) is 9.22. The van der Waals surface area contributed by atoms with Crippen molar-refractivity contribution in [1.82, 2.24) is 5.06 Å². The Morgan fingerprint density at radius 2 is 1.96 bits per heavy atom. The van der Waals surface area contributed by atoms with Crippen LogP contribution in [-0.4, -0.2) is 46.9 Å². The van der Waals surface area contributed by atoms with Gasteiger partial charge in [0.05, 0.1) is 12.2 Å². The molecule has 1 N–H and O–H groups in total. The number of thioether (sulfide) groups is 1. The van der Waals surface area contributed by atoms with E-state index < -0.39 is 5.41 Å². The van der Waals surface area contributed by atoms with Crippen LogP contribution in [0.1, 0.15) is 52.9 Å². The molecule has 4 nitrogen and oxygen atoms in total. The largest absolute Gasteiger partial charge is 0.374 e. The van der Waals surface area contributed by atoms with Crippen molar-refractivity contribution in [3.05, 3.63) is 12.2 Å². The van der Waals surface area contributed by atoms with Gasteiger partial charge in [0.15, 0.2) is 0 Å². The molecule has 0 radical (unpaired) electrons. The Bertz CT molecular complexity index is 450. The summed E-state index contributed by atoms with van der Waals surface area (Å²) in [5, 5.41) is 10.0. The van der Waals surface area contributed by atoms with Crippen molar-refractivity contribution >= 4 is 17.7 Å². The van der Waals surface area contributed by atoms with Gasteiger partial charge in [-0.3, -0.25) is 10.0 Å². The molecule has 0 aromatic carbocycles. The lowest BCUT2D eigenvalue weighted by Crippen LogP contribution is -2.36. The van der Waals surface area contributed by atoms with E-state index in [2.05, 4.69) is 19.1 Å². The van der Waals surface area contributed by atoms with Crippen LogP contribution in [0.25, 0.3) is 0 Å². The van der Waals surface area contributed by atoms with E-state index >= 15 is 0 Å². The summed E-state index contributed by atoms with van der Waals surface area (Å²) >= 11 is 2.03. The Morgan fingerprint density at radius 1 is 1.29 bits per heavy atom. The molecule has 0 unspecified atom stereocenters. The fraction of sp³-hybridized carbons (Fsp3) is 0.842. The summed E-state index contributed by atoms with van der Waals surface area (Å²) in [7, 11) is 1.39. The van der Waals surface area contributed by atoms with Gasteiger partial charge in [-0.1, -0.05) is 32.9 Å². The first-order valence-corrected chi connectivity index (χ1v) is 10.4. The number of amides is 1. The molecule has 0 aromatic rings. The van der Waals surface area contributed by atoms with E-state index in [9.17, 15) is 10.0 Å². The van der Waals surface area contributed by atoms with Crippen LogP contribution in [0.15, 0.2) is 12.2 Å². The molecule has 0 spiro atoms. The van der Waals surface area contributed by atoms with Gasteiger partial charge in [0, 0.05) is 12.5 Å². The number of carbonyl (C=O) groups is 1. The fourth-order valence-corrected chi connectivity index (χ4v) is 5.01. The normalized spacial score (nSPS) is 29.5. The Morgan fingerprint density at radius 3 is 2.58 bits per heavy atom. The van der Waals surface area contributed by atoms with E-state index in [1.54, 1.807) is 0 Å². The number of rotatable bonds is 9. The lowest BCUT2D eigenvalue weighted by molar-refractivity contribution is -0.169. The predicted octanol–water partition coefficient (Wildman–Crippen LogP) is 4.13. The highest BCUT2D eigenvalue weighted by molar-refractivity contribution is 7.99. The minimum Gasteiger partial charge on any atom is -0.374 e. The predicted molar refractivity (Wildman–Crippen MR) is 99.2 cm³/mol. The average molecular weight is 356 g/mol. The zero-order chi connectivity index (χ0) is 17.7. The van der Waals surface area contributed by atoms with Gasteiger partial charge < -0.3 is 4.74 Å². The maximum Gasteiger partial charge on any atom is 0.251 e. The Kier molecular flexibility index (Phi) is 7.20. The summed E-state index contributed by atoms with van der Waals surface area (Å²) < 4.78 is 6.14. The molecule has 2 heterocycles. The topological polar surface area (TPSA) is 49.8 Å². The minimum absolute atomic E-state index is 0.228. The van der Waals surface area contributed by atoms with E-state index in [4.69, 9.17) is 4.74 Å². The summed E-state index contributed by atoms with van der Waals surface area (Å²) in [4.78, 5) is 11.9. The third-order valence-corrected chi connectivity index (χ3v) is 6.52. The van der Waals surface area contributed by atoms with Gasteiger partial charge in [-0.15, -0.1) is 0 Å². The number of fused-ring (bicyclic) bond motifs is 2.